The van der Waals surface area contributed by atoms with Crippen LogP contribution in [-0.4, -0.2) is 37.8 Å². The first kappa shape index (κ1) is 20.1. The maximum absolute atomic E-state index is 13.0. The Morgan fingerprint density at radius 3 is 2.67 bits per heavy atom. The molecule has 1 aromatic rings. The molecule has 1 heterocycles. The number of hydrogen-bond donors (Lipinski definition) is 1. The first-order chi connectivity index (χ1) is 13.1. The van der Waals surface area contributed by atoms with Crippen molar-refractivity contribution in [2.75, 3.05) is 13.1 Å². The molecule has 0 spiro atoms. The summed E-state index contributed by atoms with van der Waals surface area (Å²) < 4.78 is 27.5. The van der Waals surface area contributed by atoms with Crippen LogP contribution >= 0.6 is 0 Å². The number of sulfonamides is 1. The first-order valence-corrected chi connectivity index (χ1v) is 11.5. The summed E-state index contributed by atoms with van der Waals surface area (Å²) >= 11 is 0. The molecule has 1 unspecified atom stereocenters. The van der Waals surface area contributed by atoms with Gasteiger partial charge in [-0.1, -0.05) is 36.3 Å². The molecule has 0 radical (unpaired) electrons. The Kier molecular flexibility index (Phi) is 7.07. The van der Waals surface area contributed by atoms with Crippen molar-refractivity contribution in [1.29, 1.82) is 0 Å². The lowest BCUT2D eigenvalue weighted by atomic mass is 9.97. The Labute approximate surface area is 162 Å². The van der Waals surface area contributed by atoms with E-state index in [1.54, 1.807) is 24.3 Å². The summed E-state index contributed by atoms with van der Waals surface area (Å²) in [6.45, 7) is 1.13. The van der Waals surface area contributed by atoms with Crippen molar-refractivity contribution >= 4 is 15.9 Å². The van der Waals surface area contributed by atoms with Crippen LogP contribution in [-0.2, 0) is 14.8 Å². The lowest BCUT2D eigenvalue weighted by molar-refractivity contribution is -0.122. The zero-order valence-corrected chi connectivity index (χ0v) is 16.7. The minimum absolute atomic E-state index is 0.0495. The van der Waals surface area contributed by atoms with Gasteiger partial charge in [0.1, 0.15) is 0 Å². The zero-order chi connectivity index (χ0) is 19.1. The molecule has 1 saturated heterocycles. The number of nitrogens with one attached hydrogen (secondary N) is 1. The minimum Gasteiger partial charge on any atom is -0.356 e. The summed E-state index contributed by atoms with van der Waals surface area (Å²) in [6, 6.07) is 8.27. The average molecular weight is 391 g/mol. The van der Waals surface area contributed by atoms with Gasteiger partial charge in [0.25, 0.3) is 0 Å². The van der Waals surface area contributed by atoms with E-state index in [1.807, 2.05) is 6.07 Å². The molecular formula is C21H30N2O3S. The fourth-order valence-electron chi connectivity index (χ4n) is 4.00. The molecular weight excluding hydrogens is 360 g/mol. The zero-order valence-electron chi connectivity index (χ0n) is 15.9. The number of rotatable bonds is 7. The Morgan fingerprint density at radius 2 is 1.93 bits per heavy atom. The number of hydrogen-bond acceptors (Lipinski definition) is 3. The van der Waals surface area contributed by atoms with E-state index in [4.69, 9.17) is 0 Å². The topological polar surface area (TPSA) is 66.5 Å². The Morgan fingerprint density at radius 1 is 1.11 bits per heavy atom. The van der Waals surface area contributed by atoms with Gasteiger partial charge in [0, 0.05) is 25.6 Å². The summed E-state index contributed by atoms with van der Waals surface area (Å²) in [5, 5.41) is 2.99. The van der Waals surface area contributed by atoms with E-state index in [-0.39, 0.29) is 18.4 Å². The molecule has 1 aliphatic carbocycles. The Hall–Kier alpha value is -1.66. The molecule has 0 bridgehead atoms. The highest BCUT2D eigenvalue weighted by Gasteiger charge is 2.34. The molecule has 6 heteroatoms. The predicted molar refractivity (Wildman–Crippen MR) is 107 cm³/mol. The van der Waals surface area contributed by atoms with Gasteiger partial charge in [0.05, 0.1) is 4.90 Å². The van der Waals surface area contributed by atoms with Crippen molar-refractivity contribution in [2.45, 2.75) is 68.7 Å². The van der Waals surface area contributed by atoms with Crippen LogP contribution < -0.4 is 5.32 Å². The molecule has 1 amide bonds. The quantitative estimate of drug-likeness (QED) is 0.723. The van der Waals surface area contributed by atoms with Crippen molar-refractivity contribution < 1.29 is 13.2 Å². The molecule has 0 aromatic heterocycles. The average Bonchev–Trinajstić information content (AvgIpc) is 2.70. The van der Waals surface area contributed by atoms with Crippen LogP contribution in [0.5, 0.6) is 0 Å². The number of carbonyl (C=O) groups excluding carboxylic acids is 1. The number of allylic oxidation sites excluding steroid dienone is 1. The first-order valence-electron chi connectivity index (χ1n) is 10.1. The third-order valence-electron chi connectivity index (χ3n) is 5.50. The smallest absolute Gasteiger partial charge is 0.243 e. The second-order valence-corrected chi connectivity index (χ2v) is 9.38. The fourth-order valence-corrected chi connectivity index (χ4v) is 5.72. The summed E-state index contributed by atoms with van der Waals surface area (Å²) in [4.78, 5) is 12.7. The molecule has 1 aliphatic heterocycles. The van der Waals surface area contributed by atoms with E-state index in [1.165, 1.54) is 22.7 Å². The van der Waals surface area contributed by atoms with Crippen molar-refractivity contribution in [3.8, 4) is 0 Å². The number of amides is 1. The van der Waals surface area contributed by atoms with Crippen LogP contribution in [0.2, 0.25) is 0 Å². The maximum atomic E-state index is 13.0. The molecule has 148 valence electrons. The minimum atomic E-state index is -3.55. The lowest BCUT2D eigenvalue weighted by Crippen LogP contribution is -2.46. The molecule has 1 aromatic carbocycles. The second-order valence-electron chi connectivity index (χ2n) is 7.49. The van der Waals surface area contributed by atoms with Crippen molar-refractivity contribution in [1.82, 2.24) is 9.62 Å². The molecule has 1 atom stereocenters. The van der Waals surface area contributed by atoms with E-state index in [9.17, 15) is 13.2 Å². The van der Waals surface area contributed by atoms with Crippen LogP contribution in [0.4, 0.5) is 0 Å². The van der Waals surface area contributed by atoms with Gasteiger partial charge in [0.15, 0.2) is 0 Å². The summed E-state index contributed by atoms with van der Waals surface area (Å²) in [6.07, 6.45) is 10.8. The fraction of sp³-hybridized carbons (Fsp3) is 0.571. The van der Waals surface area contributed by atoms with E-state index in [2.05, 4.69) is 11.4 Å². The standard InChI is InChI=1S/C21H30N2O3S/c24-21(22-15-14-18-9-3-1-4-10-18)17-19-11-7-8-16-23(19)27(25,26)20-12-5-2-6-13-20/h2,5-6,9,12-13,19H,1,3-4,7-8,10-11,14-17H2,(H,22,24). The summed E-state index contributed by atoms with van der Waals surface area (Å²) in [5.74, 6) is -0.0495. The van der Waals surface area contributed by atoms with Crippen molar-refractivity contribution in [2.24, 2.45) is 0 Å². The third kappa shape index (κ3) is 5.42. The van der Waals surface area contributed by atoms with Gasteiger partial charge in [-0.25, -0.2) is 8.42 Å². The second kappa shape index (κ2) is 9.51. The van der Waals surface area contributed by atoms with Crippen LogP contribution in [0.25, 0.3) is 0 Å². The predicted octanol–water partition coefficient (Wildman–Crippen LogP) is 3.63. The number of benzene rings is 1. The van der Waals surface area contributed by atoms with Gasteiger partial charge >= 0.3 is 0 Å². The van der Waals surface area contributed by atoms with Crippen LogP contribution in [0.3, 0.4) is 0 Å². The van der Waals surface area contributed by atoms with Gasteiger partial charge in [0.2, 0.25) is 15.9 Å². The van der Waals surface area contributed by atoms with Gasteiger partial charge in [-0.05, 0) is 57.1 Å². The molecule has 1 N–H and O–H groups in total. The summed E-state index contributed by atoms with van der Waals surface area (Å²) in [7, 11) is -3.55. The van der Waals surface area contributed by atoms with E-state index >= 15 is 0 Å². The van der Waals surface area contributed by atoms with Gasteiger partial charge in [-0.15, -0.1) is 0 Å². The number of carbonyl (C=O) groups is 1. The molecule has 2 aliphatic rings. The summed E-state index contributed by atoms with van der Waals surface area (Å²) in [5.41, 5.74) is 1.44. The van der Waals surface area contributed by atoms with Crippen LogP contribution in [0.15, 0.2) is 46.9 Å². The molecule has 0 saturated carbocycles. The van der Waals surface area contributed by atoms with Crippen molar-refractivity contribution in [3.63, 3.8) is 0 Å². The number of piperidine rings is 1. The van der Waals surface area contributed by atoms with Crippen LogP contribution in [0, 0.1) is 0 Å². The van der Waals surface area contributed by atoms with E-state index in [0.29, 0.717) is 18.0 Å². The van der Waals surface area contributed by atoms with Gasteiger partial charge in [-0.3, -0.25) is 4.79 Å². The third-order valence-corrected chi connectivity index (χ3v) is 7.46. The number of nitrogens with zero attached hydrogens (tertiary/aromatic N) is 1. The highest BCUT2D eigenvalue weighted by atomic mass is 32.2. The molecule has 1 fully saturated rings. The SMILES string of the molecule is O=C(CC1CCCCN1S(=O)(=O)c1ccccc1)NCCC1=CCCCC1. The molecule has 3 rings (SSSR count). The molecule has 5 nitrogen and oxygen atoms in total. The highest BCUT2D eigenvalue weighted by Crippen LogP contribution is 2.27. The van der Waals surface area contributed by atoms with E-state index < -0.39 is 10.0 Å². The maximum Gasteiger partial charge on any atom is 0.243 e. The Bertz CT molecular complexity index is 759. The lowest BCUT2D eigenvalue weighted by Gasteiger charge is -2.34. The van der Waals surface area contributed by atoms with Gasteiger partial charge < -0.3 is 5.32 Å². The van der Waals surface area contributed by atoms with Crippen molar-refractivity contribution in [3.05, 3.63) is 42.0 Å². The van der Waals surface area contributed by atoms with E-state index in [0.717, 1.165) is 38.5 Å². The van der Waals surface area contributed by atoms with Crippen LogP contribution in [0.1, 0.15) is 57.8 Å². The highest BCUT2D eigenvalue weighted by molar-refractivity contribution is 7.89. The largest absolute Gasteiger partial charge is 0.356 e. The molecule has 27 heavy (non-hydrogen) atoms. The van der Waals surface area contributed by atoms with Gasteiger partial charge in [-0.2, -0.15) is 4.31 Å². The monoisotopic (exact) mass is 390 g/mol. The normalized spacial score (nSPS) is 21.5. The Balaban J connectivity index is 1.57.